The summed E-state index contributed by atoms with van der Waals surface area (Å²) in [5.74, 6) is 0. The van der Waals surface area contributed by atoms with Crippen molar-refractivity contribution >= 4 is 0 Å². The Hall–Kier alpha value is -2.43. The van der Waals surface area contributed by atoms with E-state index in [-0.39, 0.29) is 0 Å². The van der Waals surface area contributed by atoms with Gasteiger partial charge in [0.1, 0.15) is 0 Å². The van der Waals surface area contributed by atoms with Gasteiger partial charge in [-0.05, 0) is 26.3 Å². The van der Waals surface area contributed by atoms with Gasteiger partial charge in [-0.15, -0.1) is 0 Å². The summed E-state index contributed by atoms with van der Waals surface area (Å²) >= 11 is 0. The van der Waals surface area contributed by atoms with Crippen molar-refractivity contribution in [1.29, 1.82) is 0 Å². The van der Waals surface area contributed by atoms with Crippen LogP contribution < -0.4 is 5.32 Å². The van der Waals surface area contributed by atoms with Crippen molar-refractivity contribution in [1.82, 2.24) is 15.1 Å². The van der Waals surface area contributed by atoms with Gasteiger partial charge in [0.15, 0.2) is 0 Å². The molecule has 0 unspecified atom stereocenters. The smallest absolute Gasteiger partial charge is 0.0968 e. The van der Waals surface area contributed by atoms with Crippen LogP contribution >= 0.6 is 0 Å². The molecule has 0 aliphatic rings. The monoisotopic (exact) mass is 349 g/mol. The van der Waals surface area contributed by atoms with Gasteiger partial charge in [-0.1, -0.05) is 60.2 Å². The Morgan fingerprint density at radius 2 is 1.73 bits per heavy atom. The van der Waals surface area contributed by atoms with Gasteiger partial charge in [0, 0.05) is 30.4 Å². The second-order valence-corrected chi connectivity index (χ2v) is 7.47. The van der Waals surface area contributed by atoms with E-state index in [2.05, 4.69) is 54.8 Å². The molecule has 2 aromatic carbocycles. The number of rotatable bonds is 7. The van der Waals surface area contributed by atoms with Gasteiger partial charge in [0.05, 0.1) is 17.8 Å². The van der Waals surface area contributed by atoms with Crippen molar-refractivity contribution in [2.45, 2.75) is 39.5 Å². The van der Waals surface area contributed by atoms with E-state index in [1.807, 2.05) is 22.9 Å². The third kappa shape index (κ3) is 5.04. The highest BCUT2D eigenvalue weighted by Crippen LogP contribution is 2.23. The minimum Gasteiger partial charge on any atom is -0.389 e. The zero-order valence-corrected chi connectivity index (χ0v) is 15.7. The molecular weight excluding hydrogens is 322 g/mol. The van der Waals surface area contributed by atoms with Gasteiger partial charge in [-0.2, -0.15) is 5.10 Å². The Kier molecular flexibility index (Phi) is 5.55. The maximum absolute atomic E-state index is 9.93. The van der Waals surface area contributed by atoms with Crippen molar-refractivity contribution in [3.05, 3.63) is 77.5 Å². The minimum atomic E-state index is -0.732. The molecular formula is C22H27N3O. The number of benzene rings is 2. The highest BCUT2D eigenvalue weighted by molar-refractivity contribution is 5.63. The second kappa shape index (κ2) is 7.85. The van der Waals surface area contributed by atoms with Crippen LogP contribution in [-0.4, -0.2) is 27.0 Å². The van der Waals surface area contributed by atoms with Crippen LogP contribution in [0.25, 0.3) is 11.3 Å². The lowest BCUT2D eigenvalue weighted by Crippen LogP contribution is -2.34. The standard InChI is InChI=1S/C22H27N3O/c1-17-9-11-19(12-10-17)21-20(13-23-16-22(2,3)26)15-25(24-21)14-18-7-5-4-6-8-18/h4-12,15,23,26H,13-14,16H2,1-3H3. The third-order valence-electron chi connectivity index (χ3n) is 4.22. The van der Waals surface area contributed by atoms with E-state index in [1.54, 1.807) is 13.8 Å². The van der Waals surface area contributed by atoms with Crippen molar-refractivity contribution in [3.63, 3.8) is 0 Å². The number of nitrogens with zero attached hydrogens (tertiary/aromatic N) is 2. The van der Waals surface area contributed by atoms with Gasteiger partial charge in [0.25, 0.3) is 0 Å². The summed E-state index contributed by atoms with van der Waals surface area (Å²) in [7, 11) is 0. The van der Waals surface area contributed by atoms with Crippen LogP contribution in [0.1, 0.15) is 30.5 Å². The van der Waals surface area contributed by atoms with Crippen LogP contribution in [0.3, 0.4) is 0 Å². The molecule has 136 valence electrons. The van der Waals surface area contributed by atoms with Crippen molar-refractivity contribution in [2.24, 2.45) is 0 Å². The first kappa shape index (κ1) is 18.4. The van der Waals surface area contributed by atoms with E-state index in [9.17, 15) is 5.11 Å². The highest BCUT2D eigenvalue weighted by Gasteiger charge is 2.15. The molecule has 26 heavy (non-hydrogen) atoms. The molecule has 0 saturated heterocycles. The Bertz CT molecular complexity index is 830. The molecule has 4 nitrogen and oxygen atoms in total. The molecule has 0 bridgehead atoms. The SMILES string of the molecule is Cc1ccc(-c2nn(Cc3ccccc3)cc2CNCC(C)(C)O)cc1. The largest absolute Gasteiger partial charge is 0.389 e. The lowest BCUT2D eigenvalue weighted by atomic mass is 10.1. The Balaban J connectivity index is 1.85. The fourth-order valence-corrected chi connectivity index (χ4v) is 2.90. The van der Waals surface area contributed by atoms with Crippen LogP contribution in [-0.2, 0) is 13.1 Å². The highest BCUT2D eigenvalue weighted by atomic mass is 16.3. The van der Waals surface area contributed by atoms with Crippen molar-refractivity contribution < 1.29 is 5.11 Å². The molecule has 0 aliphatic carbocycles. The zero-order valence-electron chi connectivity index (χ0n) is 15.7. The van der Waals surface area contributed by atoms with Crippen LogP contribution in [0.2, 0.25) is 0 Å². The van der Waals surface area contributed by atoms with E-state index < -0.39 is 5.60 Å². The minimum absolute atomic E-state index is 0.532. The summed E-state index contributed by atoms with van der Waals surface area (Å²) in [6.45, 7) is 7.64. The van der Waals surface area contributed by atoms with Gasteiger partial charge >= 0.3 is 0 Å². The Labute approximate surface area is 155 Å². The fourth-order valence-electron chi connectivity index (χ4n) is 2.90. The van der Waals surface area contributed by atoms with Crippen molar-refractivity contribution in [2.75, 3.05) is 6.54 Å². The maximum Gasteiger partial charge on any atom is 0.0968 e. The van der Waals surface area contributed by atoms with Crippen LogP contribution in [0.4, 0.5) is 0 Å². The Morgan fingerprint density at radius 3 is 2.38 bits per heavy atom. The first-order valence-electron chi connectivity index (χ1n) is 9.01. The van der Waals surface area contributed by atoms with E-state index >= 15 is 0 Å². The number of hydrogen-bond donors (Lipinski definition) is 2. The summed E-state index contributed by atoms with van der Waals surface area (Å²) < 4.78 is 1.99. The molecule has 3 rings (SSSR count). The number of aliphatic hydroxyl groups is 1. The molecule has 0 saturated carbocycles. The molecule has 4 heteroatoms. The van der Waals surface area contributed by atoms with Gasteiger partial charge in [-0.25, -0.2) is 0 Å². The molecule has 0 atom stereocenters. The fraction of sp³-hybridized carbons (Fsp3) is 0.318. The quantitative estimate of drug-likeness (QED) is 0.683. The molecule has 2 N–H and O–H groups in total. The molecule has 0 radical (unpaired) electrons. The first-order chi connectivity index (χ1) is 12.4. The summed E-state index contributed by atoms with van der Waals surface area (Å²) in [5, 5.41) is 18.1. The van der Waals surface area contributed by atoms with E-state index in [1.165, 1.54) is 11.1 Å². The van der Waals surface area contributed by atoms with E-state index in [0.29, 0.717) is 13.1 Å². The van der Waals surface area contributed by atoms with Gasteiger partial charge < -0.3 is 10.4 Å². The molecule has 3 aromatic rings. The predicted molar refractivity (Wildman–Crippen MR) is 106 cm³/mol. The average molecular weight is 349 g/mol. The van der Waals surface area contributed by atoms with Crippen LogP contribution in [0.5, 0.6) is 0 Å². The summed E-state index contributed by atoms with van der Waals surface area (Å²) in [6, 6.07) is 18.8. The van der Waals surface area contributed by atoms with Crippen LogP contribution in [0.15, 0.2) is 60.8 Å². The number of aryl methyl sites for hydroxylation is 1. The number of hydrogen-bond acceptors (Lipinski definition) is 3. The van der Waals surface area contributed by atoms with Crippen LogP contribution in [0, 0.1) is 6.92 Å². The Morgan fingerprint density at radius 1 is 1.04 bits per heavy atom. The molecule has 0 fully saturated rings. The maximum atomic E-state index is 9.93. The summed E-state index contributed by atoms with van der Waals surface area (Å²) in [6.07, 6.45) is 2.10. The number of aromatic nitrogens is 2. The zero-order chi connectivity index (χ0) is 18.6. The topological polar surface area (TPSA) is 50.1 Å². The van der Waals surface area contributed by atoms with Gasteiger partial charge in [-0.3, -0.25) is 4.68 Å². The van der Waals surface area contributed by atoms with Gasteiger partial charge in [0.2, 0.25) is 0 Å². The first-order valence-corrected chi connectivity index (χ1v) is 9.01. The molecule has 0 aliphatic heterocycles. The number of nitrogens with one attached hydrogen (secondary N) is 1. The normalized spacial score (nSPS) is 11.7. The summed E-state index contributed by atoms with van der Waals surface area (Å²) in [4.78, 5) is 0. The lowest BCUT2D eigenvalue weighted by molar-refractivity contribution is 0.0795. The molecule has 1 heterocycles. The van der Waals surface area contributed by atoms with Crippen molar-refractivity contribution in [3.8, 4) is 11.3 Å². The van der Waals surface area contributed by atoms with E-state index in [4.69, 9.17) is 5.10 Å². The second-order valence-electron chi connectivity index (χ2n) is 7.47. The molecule has 1 aromatic heterocycles. The summed E-state index contributed by atoms with van der Waals surface area (Å²) in [5.41, 5.74) is 4.96. The lowest BCUT2D eigenvalue weighted by Gasteiger charge is -2.17. The van der Waals surface area contributed by atoms with E-state index in [0.717, 1.165) is 23.4 Å². The molecule has 0 spiro atoms. The third-order valence-corrected chi connectivity index (χ3v) is 4.22. The predicted octanol–water partition coefficient (Wildman–Crippen LogP) is 3.77. The molecule has 0 amide bonds. The average Bonchev–Trinajstić information content (AvgIpc) is 2.98.